The largest absolute Gasteiger partial charge is 0.388 e. The van der Waals surface area contributed by atoms with Gasteiger partial charge < -0.3 is 24.1 Å². The van der Waals surface area contributed by atoms with Gasteiger partial charge in [-0.2, -0.15) is 0 Å². The van der Waals surface area contributed by atoms with Crippen LogP contribution in [0.25, 0.3) is 0 Å². The van der Waals surface area contributed by atoms with Crippen molar-refractivity contribution in [3.63, 3.8) is 0 Å². The molecule has 5 nitrogen and oxygen atoms in total. The summed E-state index contributed by atoms with van der Waals surface area (Å²) in [4.78, 5) is 10.5. The summed E-state index contributed by atoms with van der Waals surface area (Å²) < 4.78 is 14.5. The van der Waals surface area contributed by atoms with Crippen LogP contribution in [0.1, 0.15) is 0 Å². The Bertz CT molecular complexity index is 138. The minimum absolute atomic E-state index is 0.103. The molecule has 0 unspecified atom stereocenters. The second-order valence-corrected chi connectivity index (χ2v) is 2.56. The molecule has 3 atom stereocenters. The smallest absolute Gasteiger partial charge is 0.151 e. The van der Waals surface area contributed by atoms with E-state index in [1.807, 2.05) is 0 Å². The summed E-state index contributed by atoms with van der Waals surface area (Å²) in [7, 11) is 4.24. The molecule has 0 aromatic carbocycles. The van der Waals surface area contributed by atoms with Crippen molar-refractivity contribution in [3.8, 4) is 0 Å². The third kappa shape index (κ3) is 3.82. The van der Waals surface area contributed by atoms with Crippen LogP contribution in [0, 0.1) is 0 Å². The van der Waals surface area contributed by atoms with Crippen molar-refractivity contribution < 1.29 is 24.1 Å². The van der Waals surface area contributed by atoms with Crippen molar-refractivity contribution >= 4 is 6.29 Å². The maximum Gasteiger partial charge on any atom is 0.151 e. The van der Waals surface area contributed by atoms with E-state index < -0.39 is 18.3 Å². The number of rotatable bonds is 7. The van der Waals surface area contributed by atoms with E-state index in [2.05, 4.69) is 0 Å². The van der Waals surface area contributed by atoms with Crippen molar-refractivity contribution in [3.05, 3.63) is 0 Å². The first-order valence-corrected chi connectivity index (χ1v) is 3.89. The maximum atomic E-state index is 10.5. The van der Waals surface area contributed by atoms with Crippen molar-refractivity contribution in [1.82, 2.24) is 0 Å². The molecule has 0 bridgehead atoms. The summed E-state index contributed by atoms with van der Waals surface area (Å²) in [5.74, 6) is 0. The Hall–Kier alpha value is -0.490. The minimum atomic E-state index is -0.870. The third-order valence-corrected chi connectivity index (χ3v) is 1.72. The van der Waals surface area contributed by atoms with Crippen LogP contribution < -0.4 is 0 Å². The Morgan fingerprint density at radius 3 is 2.23 bits per heavy atom. The molecule has 0 rings (SSSR count). The number of aldehydes is 1. The highest BCUT2D eigenvalue weighted by Crippen LogP contribution is 2.06. The molecule has 0 aliphatic rings. The molecule has 0 aromatic rings. The molecule has 5 heteroatoms. The van der Waals surface area contributed by atoms with Gasteiger partial charge in [-0.15, -0.1) is 0 Å². The van der Waals surface area contributed by atoms with Gasteiger partial charge in [0.2, 0.25) is 0 Å². The highest BCUT2D eigenvalue weighted by molar-refractivity contribution is 5.57. The Morgan fingerprint density at radius 1 is 1.31 bits per heavy atom. The number of aliphatic hydroxyl groups excluding tert-OH is 1. The highest BCUT2D eigenvalue weighted by Gasteiger charge is 2.27. The fourth-order valence-electron chi connectivity index (χ4n) is 1.04. The van der Waals surface area contributed by atoms with E-state index in [4.69, 9.17) is 14.2 Å². The van der Waals surface area contributed by atoms with Gasteiger partial charge in [-0.25, -0.2) is 0 Å². The monoisotopic (exact) mass is 192 g/mol. The maximum absolute atomic E-state index is 10.5. The van der Waals surface area contributed by atoms with Crippen LogP contribution in [0.15, 0.2) is 0 Å². The molecule has 0 amide bonds. The summed E-state index contributed by atoms with van der Waals surface area (Å²) in [5, 5.41) is 9.45. The van der Waals surface area contributed by atoms with Gasteiger partial charge >= 0.3 is 0 Å². The van der Waals surface area contributed by atoms with E-state index in [-0.39, 0.29) is 6.61 Å². The molecular weight excluding hydrogens is 176 g/mol. The lowest BCUT2D eigenvalue weighted by atomic mass is 10.1. The summed E-state index contributed by atoms with van der Waals surface area (Å²) in [6, 6.07) is 0. The van der Waals surface area contributed by atoms with Gasteiger partial charge in [0.15, 0.2) is 6.29 Å². The quantitative estimate of drug-likeness (QED) is 0.536. The van der Waals surface area contributed by atoms with Crippen LogP contribution in [0.3, 0.4) is 0 Å². The zero-order valence-corrected chi connectivity index (χ0v) is 8.10. The molecule has 1 N–H and O–H groups in total. The minimum Gasteiger partial charge on any atom is -0.388 e. The number of methoxy groups -OCH3 is 3. The summed E-state index contributed by atoms with van der Waals surface area (Å²) in [6.07, 6.45) is -1.74. The Balaban J connectivity index is 4.19. The zero-order chi connectivity index (χ0) is 10.3. The fourth-order valence-corrected chi connectivity index (χ4v) is 1.04. The van der Waals surface area contributed by atoms with Crippen molar-refractivity contribution in [2.75, 3.05) is 27.9 Å². The number of carbonyl (C=O) groups is 1. The average molecular weight is 192 g/mol. The molecule has 0 spiro atoms. The van der Waals surface area contributed by atoms with Crippen LogP contribution in [-0.4, -0.2) is 57.6 Å². The van der Waals surface area contributed by atoms with E-state index in [1.54, 1.807) is 0 Å². The highest BCUT2D eigenvalue weighted by atomic mass is 16.5. The molecule has 0 saturated heterocycles. The normalized spacial score (nSPS) is 17.8. The molecule has 78 valence electrons. The lowest BCUT2D eigenvalue weighted by Crippen LogP contribution is -2.43. The number of aliphatic hydroxyl groups is 1. The van der Waals surface area contributed by atoms with Crippen LogP contribution in [0.2, 0.25) is 0 Å². The van der Waals surface area contributed by atoms with Crippen LogP contribution >= 0.6 is 0 Å². The first-order valence-electron chi connectivity index (χ1n) is 3.89. The number of ether oxygens (including phenoxy) is 3. The van der Waals surface area contributed by atoms with Gasteiger partial charge in [-0.1, -0.05) is 0 Å². The summed E-state index contributed by atoms with van der Waals surface area (Å²) >= 11 is 0. The Labute approximate surface area is 77.6 Å². The third-order valence-electron chi connectivity index (χ3n) is 1.72. The number of hydrogen-bond acceptors (Lipinski definition) is 5. The summed E-state index contributed by atoms with van der Waals surface area (Å²) in [6.45, 7) is 0.103. The first-order chi connectivity index (χ1) is 6.21. The topological polar surface area (TPSA) is 65.0 Å². The molecule has 0 aliphatic carbocycles. The SMILES string of the molecule is COC[C@@H](O)[C@@H](OC)[C@@H](C=O)OC. The van der Waals surface area contributed by atoms with E-state index in [1.165, 1.54) is 21.3 Å². The number of carbonyl (C=O) groups excluding carboxylic acids is 1. The van der Waals surface area contributed by atoms with Crippen LogP contribution in [0.4, 0.5) is 0 Å². The predicted molar refractivity (Wildman–Crippen MR) is 45.5 cm³/mol. The second kappa shape index (κ2) is 6.97. The van der Waals surface area contributed by atoms with Gasteiger partial charge in [0.05, 0.1) is 6.61 Å². The molecular formula is C8H16O5. The van der Waals surface area contributed by atoms with Gasteiger partial charge in [0.25, 0.3) is 0 Å². The van der Waals surface area contributed by atoms with Crippen molar-refractivity contribution in [2.24, 2.45) is 0 Å². The molecule has 0 radical (unpaired) electrons. The number of hydrogen-bond donors (Lipinski definition) is 1. The second-order valence-electron chi connectivity index (χ2n) is 2.56. The fraction of sp³-hybridized carbons (Fsp3) is 0.875. The van der Waals surface area contributed by atoms with Gasteiger partial charge in [-0.3, -0.25) is 0 Å². The van der Waals surface area contributed by atoms with Gasteiger partial charge in [0.1, 0.15) is 18.3 Å². The van der Waals surface area contributed by atoms with Crippen molar-refractivity contribution in [1.29, 1.82) is 0 Å². The predicted octanol–water partition coefficient (Wildman–Crippen LogP) is -0.777. The zero-order valence-electron chi connectivity index (χ0n) is 8.10. The standard InChI is InChI=1S/C8H16O5/c1-11-5-6(10)8(13-3)7(4-9)12-2/h4,6-8,10H,5H2,1-3H3/t6-,7-,8-/m1/s1. The molecule has 0 saturated carbocycles. The van der Waals surface area contributed by atoms with Crippen LogP contribution in [0.5, 0.6) is 0 Å². The first kappa shape index (κ1) is 12.5. The average Bonchev–Trinajstić information content (AvgIpc) is 2.14. The van der Waals surface area contributed by atoms with Crippen LogP contribution in [-0.2, 0) is 19.0 Å². The van der Waals surface area contributed by atoms with Gasteiger partial charge in [-0.05, 0) is 0 Å². The lowest BCUT2D eigenvalue weighted by molar-refractivity contribution is -0.138. The molecule has 0 heterocycles. The lowest BCUT2D eigenvalue weighted by Gasteiger charge is -2.24. The summed E-state index contributed by atoms with van der Waals surface area (Å²) in [5.41, 5.74) is 0. The molecule has 0 aliphatic heterocycles. The van der Waals surface area contributed by atoms with E-state index in [0.29, 0.717) is 6.29 Å². The molecule has 13 heavy (non-hydrogen) atoms. The van der Waals surface area contributed by atoms with E-state index >= 15 is 0 Å². The van der Waals surface area contributed by atoms with E-state index in [9.17, 15) is 9.90 Å². The van der Waals surface area contributed by atoms with E-state index in [0.717, 1.165) is 0 Å². The molecule has 0 fully saturated rings. The van der Waals surface area contributed by atoms with Crippen molar-refractivity contribution in [2.45, 2.75) is 18.3 Å². The Morgan fingerprint density at radius 2 is 1.92 bits per heavy atom. The Kier molecular flexibility index (Phi) is 6.70. The van der Waals surface area contributed by atoms with Gasteiger partial charge in [0, 0.05) is 21.3 Å². The molecule has 0 aromatic heterocycles.